The number of nitrogen functional groups attached to an aromatic ring is 1. The summed E-state index contributed by atoms with van der Waals surface area (Å²) in [7, 11) is 0. The van der Waals surface area contributed by atoms with Crippen LogP contribution in [0.4, 0.5) is 21.6 Å². The van der Waals surface area contributed by atoms with Gasteiger partial charge in [0, 0.05) is 23.6 Å². The Bertz CT molecular complexity index is 1060. The van der Waals surface area contributed by atoms with Gasteiger partial charge in [0.15, 0.2) is 0 Å². The topological polar surface area (TPSA) is 82.3 Å². The fourth-order valence-electron chi connectivity index (χ4n) is 3.89. The molecule has 2 aliphatic heterocycles. The molecule has 3 aromatic rings. The molecular weight excluding hydrogens is 383 g/mol. The Kier molecular flexibility index (Phi) is 4.21. The highest BCUT2D eigenvalue weighted by atomic mass is 35.5. The van der Waals surface area contributed by atoms with Gasteiger partial charge in [-0.25, -0.2) is 14.4 Å². The van der Waals surface area contributed by atoms with E-state index in [0.717, 1.165) is 24.6 Å². The van der Waals surface area contributed by atoms with Crippen LogP contribution >= 0.6 is 11.6 Å². The van der Waals surface area contributed by atoms with Crippen LogP contribution in [0.25, 0.3) is 10.9 Å². The van der Waals surface area contributed by atoms with E-state index in [9.17, 15) is 4.39 Å². The molecule has 2 aliphatic rings. The van der Waals surface area contributed by atoms with Gasteiger partial charge in [0.1, 0.15) is 29.8 Å². The van der Waals surface area contributed by atoms with Crippen molar-refractivity contribution in [1.82, 2.24) is 9.97 Å². The van der Waals surface area contributed by atoms with Crippen LogP contribution in [0.3, 0.4) is 0 Å². The maximum Gasteiger partial charge on any atom is 0.144 e. The number of benzene rings is 2. The van der Waals surface area contributed by atoms with E-state index in [1.54, 1.807) is 12.1 Å². The number of hydrogen-bond acceptors (Lipinski definition) is 6. The minimum Gasteiger partial charge on any atom is -0.485 e. The second-order valence-electron chi connectivity index (χ2n) is 7.15. The van der Waals surface area contributed by atoms with Crippen molar-refractivity contribution in [2.75, 3.05) is 11.1 Å². The summed E-state index contributed by atoms with van der Waals surface area (Å²) < 4.78 is 25.4. The smallest absolute Gasteiger partial charge is 0.144 e. The summed E-state index contributed by atoms with van der Waals surface area (Å²) >= 11 is 5.86. The monoisotopic (exact) mass is 400 g/mol. The van der Waals surface area contributed by atoms with Crippen molar-refractivity contribution < 1.29 is 13.9 Å². The molecule has 0 radical (unpaired) electrons. The van der Waals surface area contributed by atoms with Gasteiger partial charge in [-0.15, -0.1) is 0 Å². The van der Waals surface area contributed by atoms with Crippen LogP contribution in [0.2, 0.25) is 5.02 Å². The Morgan fingerprint density at radius 2 is 2.11 bits per heavy atom. The molecule has 3 heterocycles. The molecule has 3 N–H and O–H groups in total. The maximum absolute atomic E-state index is 13.4. The normalized spacial score (nSPS) is 23.3. The van der Waals surface area contributed by atoms with E-state index in [4.69, 9.17) is 26.8 Å². The minimum atomic E-state index is -0.476. The van der Waals surface area contributed by atoms with Crippen molar-refractivity contribution in [3.05, 3.63) is 47.5 Å². The zero-order valence-electron chi connectivity index (χ0n) is 14.9. The van der Waals surface area contributed by atoms with Crippen molar-refractivity contribution in [3.63, 3.8) is 0 Å². The van der Waals surface area contributed by atoms with Crippen molar-refractivity contribution in [3.8, 4) is 5.75 Å². The van der Waals surface area contributed by atoms with E-state index in [-0.39, 0.29) is 17.2 Å². The summed E-state index contributed by atoms with van der Waals surface area (Å²) in [6.07, 6.45) is 4.95. The number of fused-ring (bicyclic) bond motifs is 3. The first kappa shape index (κ1) is 17.5. The number of nitrogens with zero attached hydrogens (tertiary/aromatic N) is 2. The van der Waals surface area contributed by atoms with Crippen molar-refractivity contribution >= 4 is 39.7 Å². The highest BCUT2D eigenvalue weighted by molar-refractivity contribution is 6.31. The lowest BCUT2D eigenvalue weighted by Gasteiger charge is -2.21. The molecule has 2 saturated heterocycles. The fourth-order valence-corrected chi connectivity index (χ4v) is 4.07. The molecule has 3 atom stereocenters. The lowest BCUT2D eigenvalue weighted by atomic mass is 9.98. The molecular formula is C20H18ClFN4O2. The molecule has 5 rings (SSSR count). The Morgan fingerprint density at radius 3 is 2.86 bits per heavy atom. The van der Waals surface area contributed by atoms with Gasteiger partial charge in [-0.05, 0) is 37.1 Å². The summed E-state index contributed by atoms with van der Waals surface area (Å²) in [5.74, 6) is 0.674. The first-order chi connectivity index (χ1) is 13.6. The lowest BCUT2D eigenvalue weighted by molar-refractivity contribution is 0.0643. The van der Waals surface area contributed by atoms with Crippen LogP contribution in [0, 0.1) is 5.82 Å². The molecule has 6 nitrogen and oxygen atoms in total. The number of ether oxygens (including phenoxy) is 2. The van der Waals surface area contributed by atoms with E-state index in [0.29, 0.717) is 34.6 Å². The largest absolute Gasteiger partial charge is 0.485 e. The molecule has 2 fully saturated rings. The van der Waals surface area contributed by atoms with Crippen LogP contribution in [0.15, 0.2) is 36.7 Å². The Hall–Kier alpha value is -2.64. The predicted molar refractivity (Wildman–Crippen MR) is 106 cm³/mol. The van der Waals surface area contributed by atoms with Gasteiger partial charge in [0.05, 0.1) is 28.4 Å². The summed E-state index contributed by atoms with van der Waals surface area (Å²) in [6.45, 7) is 0. The second-order valence-corrected chi connectivity index (χ2v) is 7.56. The first-order valence-electron chi connectivity index (χ1n) is 9.15. The van der Waals surface area contributed by atoms with Gasteiger partial charge < -0.3 is 20.5 Å². The molecule has 2 bridgehead atoms. The lowest BCUT2D eigenvalue weighted by Crippen LogP contribution is -2.28. The van der Waals surface area contributed by atoms with E-state index in [1.165, 1.54) is 18.5 Å². The van der Waals surface area contributed by atoms with Crippen molar-refractivity contribution in [2.24, 2.45) is 0 Å². The summed E-state index contributed by atoms with van der Waals surface area (Å²) in [4.78, 5) is 8.62. The van der Waals surface area contributed by atoms with Gasteiger partial charge in [0.25, 0.3) is 0 Å². The molecule has 2 aromatic carbocycles. The van der Waals surface area contributed by atoms with E-state index < -0.39 is 5.82 Å². The summed E-state index contributed by atoms with van der Waals surface area (Å²) in [6, 6.07) is 7.99. The zero-order chi connectivity index (χ0) is 19.3. The van der Waals surface area contributed by atoms with Gasteiger partial charge in [-0.3, -0.25) is 0 Å². The number of aromatic nitrogens is 2. The zero-order valence-corrected chi connectivity index (χ0v) is 15.6. The number of halogens is 2. The summed E-state index contributed by atoms with van der Waals surface area (Å²) in [5.41, 5.74) is 8.06. The average molecular weight is 401 g/mol. The highest BCUT2D eigenvalue weighted by Gasteiger charge is 2.42. The molecule has 0 saturated carbocycles. The molecule has 144 valence electrons. The van der Waals surface area contributed by atoms with Crippen molar-refractivity contribution in [1.29, 1.82) is 0 Å². The fraction of sp³-hybridized carbons (Fsp3) is 0.300. The molecule has 1 aromatic heterocycles. The van der Waals surface area contributed by atoms with Crippen LogP contribution in [0.5, 0.6) is 5.75 Å². The molecule has 0 amide bonds. The first-order valence-corrected chi connectivity index (χ1v) is 9.53. The number of anilines is 3. The Balaban J connectivity index is 1.45. The molecule has 28 heavy (non-hydrogen) atoms. The Morgan fingerprint density at radius 1 is 1.21 bits per heavy atom. The number of hydrogen-bond donors (Lipinski definition) is 2. The van der Waals surface area contributed by atoms with Gasteiger partial charge in [-0.2, -0.15) is 0 Å². The standard InChI is InChI=1S/C20H18ClFN4O2/c21-13-5-10(1-3-14(13)22)26-20-12-7-15(23)18(8-16(12)24-9-25-20)28-19-6-11-2-4-17(19)27-11/h1,3,5,7-9,11,17,19H,2,4,6,23H2,(H,24,25,26). The number of nitrogens with one attached hydrogen (secondary N) is 1. The number of rotatable bonds is 4. The Labute approximate surface area is 165 Å². The van der Waals surface area contributed by atoms with E-state index >= 15 is 0 Å². The molecule has 0 spiro atoms. The third kappa shape index (κ3) is 3.10. The van der Waals surface area contributed by atoms with Gasteiger partial charge >= 0.3 is 0 Å². The van der Waals surface area contributed by atoms with Gasteiger partial charge in [0.2, 0.25) is 0 Å². The second kappa shape index (κ2) is 6.76. The minimum absolute atomic E-state index is 0.0271. The van der Waals surface area contributed by atoms with Crippen LogP contribution < -0.4 is 15.8 Å². The highest BCUT2D eigenvalue weighted by Crippen LogP contribution is 2.39. The van der Waals surface area contributed by atoms with Crippen LogP contribution in [-0.2, 0) is 4.74 Å². The average Bonchev–Trinajstić information content (AvgIpc) is 3.29. The van der Waals surface area contributed by atoms with Crippen LogP contribution in [-0.4, -0.2) is 28.3 Å². The van der Waals surface area contributed by atoms with E-state index in [1.807, 2.05) is 6.07 Å². The van der Waals surface area contributed by atoms with Crippen molar-refractivity contribution in [2.45, 2.75) is 37.6 Å². The summed E-state index contributed by atoms with van der Waals surface area (Å²) in [5, 5.41) is 3.91. The van der Waals surface area contributed by atoms with Gasteiger partial charge in [-0.1, -0.05) is 11.6 Å². The molecule has 8 heteroatoms. The molecule has 3 unspecified atom stereocenters. The maximum atomic E-state index is 13.4. The quantitative estimate of drug-likeness (QED) is 0.630. The molecule has 0 aliphatic carbocycles. The van der Waals surface area contributed by atoms with Crippen LogP contribution in [0.1, 0.15) is 19.3 Å². The predicted octanol–water partition coefficient (Wildman–Crippen LogP) is 4.45. The third-order valence-electron chi connectivity index (χ3n) is 5.28. The SMILES string of the molecule is Nc1cc2c(Nc3ccc(F)c(Cl)c3)ncnc2cc1OC1CC2CCC1O2. The van der Waals surface area contributed by atoms with E-state index in [2.05, 4.69) is 15.3 Å². The number of nitrogens with two attached hydrogens (primary N) is 1. The third-order valence-corrected chi connectivity index (χ3v) is 5.57.